The number of hydrogen-bond acceptors (Lipinski definition) is 3. The van der Waals surface area contributed by atoms with E-state index in [9.17, 15) is 0 Å². The van der Waals surface area contributed by atoms with Crippen molar-refractivity contribution in [2.75, 3.05) is 18.0 Å². The minimum Gasteiger partial charge on any atom is -0.356 e. The number of rotatable bonds is 1. The number of anilines is 1. The van der Waals surface area contributed by atoms with Crippen molar-refractivity contribution in [1.82, 2.24) is 14.6 Å². The SMILES string of the molecule is Cc1cc(N2CCCCC2)n2nc(C)cc2n1. The molecule has 0 N–H and O–H groups in total. The van der Waals surface area contributed by atoms with Gasteiger partial charge in [0.2, 0.25) is 0 Å². The zero-order valence-electron chi connectivity index (χ0n) is 10.5. The molecule has 3 rings (SSSR count). The Labute approximate surface area is 101 Å². The standard InChI is InChI=1S/C13H18N4/c1-10-9-13(16-6-4-3-5-7-16)17-12(14-10)8-11(2)15-17/h8-9H,3-7H2,1-2H3. The molecule has 3 heterocycles. The Bertz CT molecular complexity index is 538. The number of nitrogens with zero attached hydrogens (tertiary/aromatic N) is 4. The Morgan fingerprint density at radius 2 is 1.76 bits per heavy atom. The first-order chi connectivity index (χ1) is 8.24. The average Bonchev–Trinajstić information content (AvgIpc) is 2.69. The monoisotopic (exact) mass is 230 g/mol. The summed E-state index contributed by atoms with van der Waals surface area (Å²) in [4.78, 5) is 6.95. The molecule has 1 fully saturated rings. The van der Waals surface area contributed by atoms with Crippen molar-refractivity contribution < 1.29 is 0 Å². The van der Waals surface area contributed by atoms with Gasteiger partial charge in [0.1, 0.15) is 5.82 Å². The minimum atomic E-state index is 0.961. The van der Waals surface area contributed by atoms with Crippen LogP contribution >= 0.6 is 0 Å². The Balaban J connectivity index is 2.12. The fourth-order valence-electron chi connectivity index (χ4n) is 2.54. The third-order valence-corrected chi connectivity index (χ3v) is 3.34. The van der Waals surface area contributed by atoms with Crippen LogP contribution in [0.5, 0.6) is 0 Å². The smallest absolute Gasteiger partial charge is 0.157 e. The topological polar surface area (TPSA) is 33.4 Å². The number of piperidine rings is 1. The molecule has 0 radical (unpaired) electrons. The number of aromatic nitrogens is 3. The van der Waals surface area contributed by atoms with Crippen LogP contribution in [-0.2, 0) is 0 Å². The lowest BCUT2D eigenvalue weighted by Crippen LogP contribution is -2.31. The normalized spacial score (nSPS) is 16.7. The lowest BCUT2D eigenvalue weighted by molar-refractivity contribution is 0.568. The van der Waals surface area contributed by atoms with Gasteiger partial charge in [-0.25, -0.2) is 4.98 Å². The molecule has 90 valence electrons. The van der Waals surface area contributed by atoms with E-state index in [0.717, 1.165) is 30.1 Å². The van der Waals surface area contributed by atoms with Gasteiger partial charge in [-0.2, -0.15) is 9.61 Å². The molecule has 2 aromatic heterocycles. The van der Waals surface area contributed by atoms with Crippen LogP contribution in [0, 0.1) is 13.8 Å². The molecule has 0 aliphatic carbocycles. The van der Waals surface area contributed by atoms with E-state index in [4.69, 9.17) is 0 Å². The molecule has 17 heavy (non-hydrogen) atoms. The van der Waals surface area contributed by atoms with Gasteiger partial charge >= 0.3 is 0 Å². The Morgan fingerprint density at radius 3 is 2.53 bits per heavy atom. The van der Waals surface area contributed by atoms with Crippen molar-refractivity contribution in [1.29, 1.82) is 0 Å². The van der Waals surface area contributed by atoms with Crippen LogP contribution in [0.25, 0.3) is 5.65 Å². The van der Waals surface area contributed by atoms with Crippen LogP contribution in [0.1, 0.15) is 30.7 Å². The summed E-state index contributed by atoms with van der Waals surface area (Å²) in [6.07, 6.45) is 3.91. The first-order valence-electron chi connectivity index (χ1n) is 6.33. The lowest BCUT2D eigenvalue weighted by atomic mass is 10.1. The largest absolute Gasteiger partial charge is 0.356 e. The molecular weight excluding hydrogens is 212 g/mol. The van der Waals surface area contributed by atoms with Crippen LogP contribution in [0.3, 0.4) is 0 Å². The zero-order valence-corrected chi connectivity index (χ0v) is 10.5. The van der Waals surface area contributed by atoms with Crippen molar-refractivity contribution in [3.05, 3.63) is 23.5 Å². The van der Waals surface area contributed by atoms with Crippen LogP contribution in [0.2, 0.25) is 0 Å². The molecule has 0 amide bonds. The molecule has 0 aromatic carbocycles. The molecule has 1 aliphatic heterocycles. The van der Waals surface area contributed by atoms with E-state index in [-0.39, 0.29) is 0 Å². The fraction of sp³-hybridized carbons (Fsp3) is 0.538. The second kappa shape index (κ2) is 4.02. The number of fused-ring (bicyclic) bond motifs is 1. The van der Waals surface area contributed by atoms with E-state index < -0.39 is 0 Å². The summed E-state index contributed by atoms with van der Waals surface area (Å²) in [5.74, 6) is 1.19. The summed E-state index contributed by atoms with van der Waals surface area (Å²) < 4.78 is 1.98. The van der Waals surface area contributed by atoms with Gasteiger partial charge in [0, 0.05) is 30.9 Å². The summed E-state index contributed by atoms with van der Waals surface area (Å²) >= 11 is 0. The van der Waals surface area contributed by atoms with E-state index in [0.29, 0.717) is 0 Å². The maximum Gasteiger partial charge on any atom is 0.157 e. The van der Waals surface area contributed by atoms with Gasteiger partial charge in [0.25, 0.3) is 0 Å². The summed E-state index contributed by atoms with van der Waals surface area (Å²) in [5.41, 5.74) is 3.06. The van der Waals surface area contributed by atoms with Gasteiger partial charge in [0.05, 0.1) is 5.69 Å². The fourth-order valence-corrected chi connectivity index (χ4v) is 2.54. The first kappa shape index (κ1) is 10.6. The Kier molecular flexibility index (Phi) is 2.50. The summed E-state index contributed by atoms with van der Waals surface area (Å²) in [5, 5.41) is 4.54. The highest BCUT2D eigenvalue weighted by Crippen LogP contribution is 2.21. The molecule has 4 heteroatoms. The second-order valence-electron chi connectivity index (χ2n) is 4.86. The molecule has 0 spiro atoms. The molecule has 0 unspecified atom stereocenters. The van der Waals surface area contributed by atoms with Crippen molar-refractivity contribution in [3.8, 4) is 0 Å². The predicted molar refractivity (Wildman–Crippen MR) is 68.5 cm³/mol. The van der Waals surface area contributed by atoms with Crippen molar-refractivity contribution >= 4 is 11.5 Å². The van der Waals surface area contributed by atoms with E-state index in [1.54, 1.807) is 0 Å². The molecule has 1 aliphatic rings. The third-order valence-electron chi connectivity index (χ3n) is 3.34. The highest BCUT2D eigenvalue weighted by atomic mass is 15.3. The average molecular weight is 230 g/mol. The molecule has 1 saturated heterocycles. The van der Waals surface area contributed by atoms with Crippen molar-refractivity contribution in [2.45, 2.75) is 33.1 Å². The highest BCUT2D eigenvalue weighted by Gasteiger charge is 2.15. The Morgan fingerprint density at radius 1 is 1.00 bits per heavy atom. The molecule has 4 nitrogen and oxygen atoms in total. The molecule has 0 atom stereocenters. The van der Waals surface area contributed by atoms with E-state index in [1.165, 1.54) is 25.1 Å². The zero-order chi connectivity index (χ0) is 11.8. The summed E-state index contributed by atoms with van der Waals surface area (Å²) in [6, 6.07) is 4.19. The molecular formula is C13H18N4. The van der Waals surface area contributed by atoms with Gasteiger partial charge in [-0.1, -0.05) is 0 Å². The van der Waals surface area contributed by atoms with Gasteiger partial charge in [-0.05, 0) is 33.1 Å². The van der Waals surface area contributed by atoms with E-state index in [2.05, 4.69) is 28.0 Å². The van der Waals surface area contributed by atoms with Crippen molar-refractivity contribution in [3.63, 3.8) is 0 Å². The minimum absolute atomic E-state index is 0.961. The van der Waals surface area contributed by atoms with Crippen LogP contribution < -0.4 is 4.90 Å². The number of hydrogen-bond donors (Lipinski definition) is 0. The first-order valence-corrected chi connectivity index (χ1v) is 6.33. The lowest BCUT2D eigenvalue weighted by Gasteiger charge is -2.28. The molecule has 2 aromatic rings. The summed E-state index contributed by atoms with van der Waals surface area (Å²) in [7, 11) is 0. The van der Waals surface area contributed by atoms with Crippen LogP contribution in [0.4, 0.5) is 5.82 Å². The second-order valence-corrected chi connectivity index (χ2v) is 4.86. The van der Waals surface area contributed by atoms with Gasteiger partial charge in [0.15, 0.2) is 5.65 Å². The molecule has 0 bridgehead atoms. The van der Waals surface area contributed by atoms with Crippen LogP contribution in [-0.4, -0.2) is 27.7 Å². The Hall–Kier alpha value is -1.58. The van der Waals surface area contributed by atoms with Gasteiger partial charge in [-0.15, -0.1) is 0 Å². The van der Waals surface area contributed by atoms with Crippen LogP contribution in [0.15, 0.2) is 12.1 Å². The maximum atomic E-state index is 4.54. The van der Waals surface area contributed by atoms with Gasteiger partial charge in [-0.3, -0.25) is 0 Å². The molecule has 0 saturated carbocycles. The van der Waals surface area contributed by atoms with E-state index >= 15 is 0 Å². The predicted octanol–water partition coefficient (Wildman–Crippen LogP) is 2.34. The summed E-state index contributed by atoms with van der Waals surface area (Å²) in [6.45, 7) is 6.34. The van der Waals surface area contributed by atoms with Gasteiger partial charge < -0.3 is 4.90 Å². The maximum absolute atomic E-state index is 4.54. The van der Waals surface area contributed by atoms with Crippen molar-refractivity contribution in [2.24, 2.45) is 0 Å². The van der Waals surface area contributed by atoms with E-state index in [1.807, 2.05) is 17.5 Å². The highest BCUT2D eigenvalue weighted by molar-refractivity contribution is 5.52. The number of aryl methyl sites for hydroxylation is 2. The third kappa shape index (κ3) is 1.88. The quantitative estimate of drug-likeness (QED) is 0.754.